The van der Waals surface area contributed by atoms with Crippen LogP contribution in [0.5, 0.6) is 11.5 Å². The number of benzene rings is 1. The average Bonchev–Trinajstić information content (AvgIpc) is 2.90. The largest absolute Gasteiger partial charge is 0.496 e. The van der Waals surface area contributed by atoms with Gasteiger partial charge in [0.15, 0.2) is 0 Å². The zero-order valence-corrected chi connectivity index (χ0v) is 13.2. The molecule has 0 atom stereocenters. The van der Waals surface area contributed by atoms with E-state index in [-0.39, 0.29) is 0 Å². The molecule has 2 aromatic heterocycles. The minimum Gasteiger partial charge on any atom is -0.496 e. The van der Waals surface area contributed by atoms with Crippen LogP contribution in [0.3, 0.4) is 0 Å². The fraction of sp³-hybridized carbons (Fsp3) is 0.176. The zero-order valence-electron chi connectivity index (χ0n) is 13.2. The molecule has 2 heterocycles. The Kier molecular flexibility index (Phi) is 3.89. The lowest BCUT2D eigenvalue weighted by molar-refractivity contribution is -0.105. The van der Waals surface area contributed by atoms with Crippen molar-refractivity contribution < 1.29 is 14.3 Å². The van der Waals surface area contributed by atoms with Gasteiger partial charge in [0.25, 0.3) is 0 Å². The van der Waals surface area contributed by atoms with Crippen LogP contribution in [0.15, 0.2) is 36.5 Å². The van der Waals surface area contributed by atoms with Gasteiger partial charge >= 0.3 is 0 Å². The number of pyridine rings is 1. The van der Waals surface area contributed by atoms with Crippen molar-refractivity contribution in [1.82, 2.24) is 9.55 Å². The van der Waals surface area contributed by atoms with Crippen molar-refractivity contribution in [2.45, 2.75) is 0 Å². The molecule has 0 bridgehead atoms. The molecule has 0 fully saturated rings. The predicted molar refractivity (Wildman–Crippen MR) is 88.9 cm³/mol. The fourth-order valence-electron chi connectivity index (χ4n) is 2.72. The first kappa shape index (κ1) is 14.9. The summed E-state index contributed by atoms with van der Waals surface area (Å²) in [5.41, 5.74) is 2.77. The third-order valence-electron chi connectivity index (χ3n) is 3.82. The maximum Gasteiger partial charge on any atom is 0.212 e. The van der Waals surface area contributed by atoms with Gasteiger partial charge in [-0.25, -0.2) is 4.98 Å². The van der Waals surface area contributed by atoms with E-state index in [0.29, 0.717) is 12.2 Å². The van der Waals surface area contributed by atoms with Crippen LogP contribution in [-0.4, -0.2) is 30.2 Å². The molecular formula is C17H17N3O3. The molecule has 0 saturated carbocycles. The Morgan fingerprint density at radius 2 is 1.87 bits per heavy atom. The fourth-order valence-corrected chi connectivity index (χ4v) is 2.72. The summed E-state index contributed by atoms with van der Waals surface area (Å²) in [5.74, 6) is 1.97. The molecule has 0 saturated heterocycles. The number of carbonyl (C=O) groups is 1. The summed E-state index contributed by atoms with van der Waals surface area (Å²) in [6.45, 7) is 0. The van der Waals surface area contributed by atoms with Crippen molar-refractivity contribution in [1.29, 1.82) is 0 Å². The smallest absolute Gasteiger partial charge is 0.212 e. The molecule has 0 unspecified atom stereocenters. The summed E-state index contributed by atoms with van der Waals surface area (Å²) in [6.07, 6.45) is 2.34. The van der Waals surface area contributed by atoms with E-state index in [1.807, 2.05) is 41.9 Å². The SMILES string of the molecule is COc1cccc(OC)c1-c1cc2cc(NC=O)ncc2n1C. The van der Waals surface area contributed by atoms with E-state index in [4.69, 9.17) is 9.47 Å². The Bertz CT molecular complexity index is 849. The molecule has 23 heavy (non-hydrogen) atoms. The van der Waals surface area contributed by atoms with Crippen LogP contribution in [0.1, 0.15) is 0 Å². The molecule has 3 rings (SSSR count). The van der Waals surface area contributed by atoms with Gasteiger partial charge in [-0.3, -0.25) is 4.79 Å². The Balaban J connectivity index is 2.25. The standard InChI is InChI=1S/C17H17N3O3/c1-20-12(17-14(22-2)5-4-6-15(17)23-3)7-11-8-16(19-10-21)18-9-13(11)20/h4-10H,1-3H3,(H,18,19,21). The second-order valence-corrected chi connectivity index (χ2v) is 5.02. The molecule has 0 aliphatic carbocycles. The quantitative estimate of drug-likeness (QED) is 0.736. The van der Waals surface area contributed by atoms with Crippen molar-refractivity contribution >= 4 is 23.1 Å². The number of hydrogen-bond donors (Lipinski definition) is 1. The number of amides is 1. The second kappa shape index (κ2) is 6.00. The van der Waals surface area contributed by atoms with E-state index in [2.05, 4.69) is 10.3 Å². The number of anilines is 1. The molecule has 1 N–H and O–H groups in total. The highest BCUT2D eigenvalue weighted by Crippen LogP contribution is 2.40. The summed E-state index contributed by atoms with van der Waals surface area (Å²) in [7, 11) is 5.22. The molecule has 3 aromatic rings. The number of hydrogen-bond acceptors (Lipinski definition) is 4. The summed E-state index contributed by atoms with van der Waals surface area (Å²) >= 11 is 0. The van der Waals surface area contributed by atoms with Crippen LogP contribution < -0.4 is 14.8 Å². The predicted octanol–water partition coefficient (Wildman–Crippen LogP) is 2.83. The molecule has 6 nitrogen and oxygen atoms in total. The topological polar surface area (TPSA) is 65.4 Å². The number of carbonyl (C=O) groups excluding carboxylic acids is 1. The lowest BCUT2D eigenvalue weighted by Crippen LogP contribution is -1.98. The number of fused-ring (bicyclic) bond motifs is 1. The summed E-state index contributed by atoms with van der Waals surface area (Å²) in [4.78, 5) is 14.8. The zero-order chi connectivity index (χ0) is 16.4. The number of aryl methyl sites for hydroxylation is 1. The monoisotopic (exact) mass is 311 g/mol. The summed E-state index contributed by atoms with van der Waals surface area (Å²) in [6, 6.07) is 9.53. The van der Waals surface area contributed by atoms with Gasteiger partial charge < -0.3 is 19.4 Å². The number of nitrogens with one attached hydrogen (secondary N) is 1. The molecule has 0 aliphatic rings. The molecule has 1 amide bonds. The highest BCUT2D eigenvalue weighted by molar-refractivity contribution is 5.91. The number of ether oxygens (including phenoxy) is 2. The molecular weight excluding hydrogens is 294 g/mol. The van der Waals surface area contributed by atoms with Crippen LogP contribution in [-0.2, 0) is 11.8 Å². The van der Waals surface area contributed by atoms with E-state index in [0.717, 1.165) is 33.7 Å². The normalized spacial score (nSPS) is 10.6. The van der Waals surface area contributed by atoms with Crippen molar-refractivity contribution in [3.8, 4) is 22.8 Å². The van der Waals surface area contributed by atoms with Gasteiger partial charge in [0, 0.05) is 12.4 Å². The molecule has 1 aromatic carbocycles. The minimum absolute atomic E-state index is 0.511. The van der Waals surface area contributed by atoms with Crippen LogP contribution in [0.25, 0.3) is 22.2 Å². The van der Waals surface area contributed by atoms with Crippen molar-refractivity contribution in [2.24, 2.45) is 7.05 Å². The highest BCUT2D eigenvalue weighted by atomic mass is 16.5. The Morgan fingerprint density at radius 1 is 1.17 bits per heavy atom. The third-order valence-corrected chi connectivity index (χ3v) is 3.82. The minimum atomic E-state index is 0.511. The second-order valence-electron chi connectivity index (χ2n) is 5.02. The van der Waals surface area contributed by atoms with E-state index in [1.165, 1.54) is 0 Å². The molecule has 0 aliphatic heterocycles. The number of aromatic nitrogens is 2. The van der Waals surface area contributed by atoms with Gasteiger partial charge in [-0.1, -0.05) is 6.07 Å². The Morgan fingerprint density at radius 3 is 2.48 bits per heavy atom. The Labute approximate surface area is 133 Å². The van der Waals surface area contributed by atoms with Crippen LogP contribution in [0.2, 0.25) is 0 Å². The van der Waals surface area contributed by atoms with Crippen LogP contribution in [0, 0.1) is 0 Å². The van der Waals surface area contributed by atoms with Crippen LogP contribution >= 0.6 is 0 Å². The first-order valence-electron chi connectivity index (χ1n) is 7.06. The van der Waals surface area contributed by atoms with Gasteiger partial charge in [-0.05, 0) is 24.3 Å². The first-order valence-corrected chi connectivity index (χ1v) is 7.06. The molecule has 6 heteroatoms. The maximum absolute atomic E-state index is 10.6. The summed E-state index contributed by atoms with van der Waals surface area (Å²) in [5, 5.41) is 3.53. The van der Waals surface area contributed by atoms with Gasteiger partial charge in [-0.2, -0.15) is 0 Å². The number of rotatable bonds is 5. The first-order chi connectivity index (χ1) is 11.2. The van der Waals surface area contributed by atoms with Gasteiger partial charge in [0.1, 0.15) is 17.3 Å². The lowest BCUT2D eigenvalue weighted by Gasteiger charge is -2.13. The molecule has 118 valence electrons. The summed E-state index contributed by atoms with van der Waals surface area (Å²) < 4.78 is 13.0. The van der Waals surface area contributed by atoms with E-state index >= 15 is 0 Å². The van der Waals surface area contributed by atoms with Crippen molar-refractivity contribution in [3.05, 3.63) is 36.5 Å². The highest BCUT2D eigenvalue weighted by Gasteiger charge is 2.17. The molecule has 0 spiro atoms. The van der Waals surface area contributed by atoms with E-state index in [1.54, 1.807) is 20.4 Å². The van der Waals surface area contributed by atoms with Crippen LogP contribution in [0.4, 0.5) is 5.82 Å². The number of nitrogens with zero attached hydrogens (tertiary/aromatic N) is 2. The third kappa shape index (κ3) is 2.48. The van der Waals surface area contributed by atoms with Gasteiger partial charge in [0.05, 0.1) is 37.2 Å². The lowest BCUT2D eigenvalue weighted by atomic mass is 10.1. The average molecular weight is 311 g/mol. The van der Waals surface area contributed by atoms with Crippen molar-refractivity contribution in [3.63, 3.8) is 0 Å². The maximum atomic E-state index is 10.6. The molecule has 0 radical (unpaired) electrons. The van der Waals surface area contributed by atoms with E-state index in [9.17, 15) is 4.79 Å². The van der Waals surface area contributed by atoms with Gasteiger partial charge in [0.2, 0.25) is 6.41 Å². The van der Waals surface area contributed by atoms with E-state index < -0.39 is 0 Å². The van der Waals surface area contributed by atoms with Gasteiger partial charge in [-0.15, -0.1) is 0 Å². The van der Waals surface area contributed by atoms with Crippen molar-refractivity contribution in [2.75, 3.05) is 19.5 Å². The number of methoxy groups -OCH3 is 2. The Hall–Kier alpha value is -3.02.